The molecule has 9 nitrogen and oxygen atoms in total. The molecule has 2 N–H and O–H groups in total. The molecule has 0 bridgehead atoms. The van der Waals surface area contributed by atoms with Crippen molar-refractivity contribution in [1.82, 2.24) is 4.57 Å². The normalized spacial score (nSPS) is 12.3. The number of anilines is 1. The minimum atomic E-state index is -4.93. The number of amides is 2. The summed E-state index contributed by atoms with van der Waals surface area (Å²) in [6, 6.07) is 11.1. The number of benzene rings is 2. The smallest absolute Gasteiger partial charge is 0.408 e. The Bertz CT molecular complexity index is 1420. The highest BCUT2D eigenvalue weighted by Crippen LogP contribution is 2.24. The number of rotatable bonds is 12. The Labute approximate surface area is 218 Å². The molecule has 1 atom stereocenters. The number of carbonyl (C=O) groups is 4. The van der Waals surface area contributed by atoms with Crippen LogP contribution >= 0.6 is 11.8 Å². The first-order chi connectivity index (χ1) is 17.9. The van der Waals surface area contributed by atoms with Crippen LogP contribution in [-0.4, -0.2) is 51.7 Å². The average molecular weight is 552 g/mol. The van der Waals surface area contributed by atoms with Gasteiger partial charge in [-0.2, -0.15) is 24.9 Å². The second-order valence-corrected chi connectivity index (χ2v) is 9.43. The molecule has 1 heterocycles. The molecule has 202 valence electrons. The third-order valence-electron chi connectivity index (χ3n) is 5.62. The van der Waals surface area contributed by atoms with E-state index >= 15 is 0 Å². The molecule has 2 amide bonds. The molecule has 3 rings (SSSR count). The molecule has 0 unspecified atom stereocenters. The van der Waals surface area contributed by atoms with E-state index in [0.29, 0.717) is 5.52 Å². The maximum atomic E-state index is 13.6. The number of halogens is 3. The van der Waals surface area contributed by atoms with E-state index in [1.165, 1.54) is 31.2 Å². The molecule has 0 aliphatic heterocycles. The maximum absolute atomic E-state index is 13.6. The van der Waals surface area contributed by atoms with E-state index in [-0.39, 0.29) is 41.2 Å². The monoisotopic (exact) mass is 551 g/mol. The van der Waals surface area contributed by atoms with E-state index in [0.717, 1.165) is 21.2 Å². The van der Waals surface area contributed by atoms with Crippen LogP contribution in [0.15, 0.2) is 57.7 Å². The number of oxazole rings is 1. The summed E-state index contributed by atoms with van der Waals surface area (Å²) in [6.45, 7) is 0.812. The predicted octanol–water partition coefficient (Wildman–Crippen LogP) is 3.33. The zero-order valence-corrected chi connectivity index (χ0v) is 21.0. The van der Waals surface area contributed by atoms with Gasteiger partial charge in [-0.25, -0.2) is 4.79 Å². The van der Waals surface area contributed by atoms with E-state index in [4.69, 9.17) is 10.2 Å². The Kier molecular flexibility index (Phi) is 9.15. The second kappa shape index (κ2) is 12.1. The highest BCUT2D eigenvalue weighted by molar-refractivity contribution is 7.99. The van der Waals surface area contributed by atoms with Crippen LogP contribution in [0, 0.1) is 0 Å². The number of hydrogen-bond donors (Lipinski definition) is 1. The van der Waals surface area contributed by atoms with Gasteiger partial charge in [0.25, 0.3) is 0 Å². The molecule has 0 spiro atoms. The van der Waals surface area contributed by atoms with Gasteiger partial charge in [-0.05, 0) is 49.8 Å². The number of nitrogens with two attached hydrogens (primary N) is 1. The summed E-state index contributed by atoms with van der Waals surface area (Å²) in [7, 11) is 0. The van der Waals surface area contributed by atoms with Crippen molar-refractivity contribution in [3.63, 3.8) is 0 Å². The summed E-state index contributed by atoms with van der Waals surface area (Å²) in [5, 5.41) is 0. The Morgan fingerprint density at radius 3 is 2.47 bits per heavy atom. The lowest BCUT2D eigenvalue weighted by molar-refractivity contribution is -0.167. The largest absolute Gasteiger partial charge is 0.450 e. The van der Waals surface area contributed by atoms with Crippen molar-refractivity contribution in [1.29, 1.82) is 0 Å². The van der Waals surface area contributed by atoms with Crippen LogP contribution in [0.25, 0.3) is 11.1 Å². The molecule has 0 fully saturated rings. The van der Waals surface area contributed by atoms with Gasteiger partial charge >= 0.3 is 11.9 Å². The van der Waals surface area contributed by atoms with Crippen molar-refractivity contribution in [2.24, 2.45) is 5.73 Å². The van der Waals surface area contributed by atoms with Gasteiger partial charge in [-0.3, -0.25) is 28.6 Å². The van der Waals surface area contributed by atoms with Crippen LogP contribution in [0.4, 0.5) is 18.9 Å². The van der Waals surface area contributed by atoms with Crippen molar-refractivity contribution in [3.8, 4) is 0 Å². The first kappa shape index (κ1) is 28.7. The average Bonchev–Trinajstić information content (AvgIpc) is 3.17. The number of ketones is 2. The summed E-state index contributed by atoms with van der Waals surface area (Å²) < 4.78 is 43.5. The van der Waals surface area contributed by atoms with Crippen LogP contribution < -0.4 is 16.4 Å². The van der Waals surface area contributed by atoms with Gasteiger partial charge in [-0.15, -0.1) is 0 Å². The fraction of sp³-hybridized carbons (Fsp3) is 0.320. The number of carbonyl (C=O) groups excluding carboxylic acids is 4. The summed E-state index contributed by atoms with van der Waals surface area (Å²) in [4.78, 5) is 62.6. The van der Waals surface area contributed by atoms with Crippen LogP contribution in [0.5, 0.6) is 0 Å². The topological polar surface area (TPSA) is 133 Å². The molecule has 0 saturated heterocycles. The summed E-state index contributed by atoms with van der Waals surface area (Å²) >= 11 is 0.744. The van der Waals surface area contributed by atoms with E-state index in [2.05, 4.69) is 0 Å². The van der Waals surface area contributed by atoms with Gasteiger partial charge in [0.2, 0.25) is 17.6 Å². The predicted molar refractivity (Wildman–Crippen MR) is 135 cm³/mol. The number of para-hydroxylation sites is 2. The highest BCUT2D eigenvalue weighted by Gasteiger charge is 2.37. The molecule has 3 aromatic rings. The SMILES string of the molecule is CC(=O)c1cccc(N(C(=O)Cn2c(=O)oc3ccccc32)[C@@H](CCCSCC(=O)C(F)(F)F)C(N)=O)c1. The molecule has 13 heteroatoms. The number of nitrogens with zero attached hydrogens (tertiary/aromatic N) is 2. The number of aromatic nitrogens is 1. The van der Waals surface area contributed by atoms with Gasteiger partial charge in [0.15, 0.2) is 11.4 Å². The summed E-state index contributed by atoms with van der Waals surface area (Å²) in [5.41, 5.74) is 6.67. The lowest BCUT2D eigenvalue weighted by Crippen LogP contribution is -2.50. The Morgan fingerprint density at radius 1 is 1.11 bits per heavy atom. The standard InChI is InChI=1S/C25H24F3N3O6S/c1-15(32)16-6-4-7-17(12-16)31(19(23(29)35)9-5-11-38-14-21(33)25(26,27)28)22(34)13-30-18-8-2-3-10-20(18)37-24(30)36/h2-4,6-8,10,12,19H,5,9,11,13-14H2,1H3,(H2,29,35)/t19-/m0/s1. The third kappa shape index (κ3) is 6.91. The van der Waals surface area contributed by atoms with Crippen LogP contribution in [0.1, 0.15) is 30.1 Å². The number of primary amides is 1. The number of alkyl halides is 3. The Balaban J connectivity index is 1.88. The Hall–Kier alpha value is -3.87. The molecule has 0 aliphatic carbocycles. The van der Waals surface area contributed by atoms with Crippen LogP contribution in [-0.2, 0) is 20.9 Å². The number of hydrogen-bond acceptors (Lipinski definition) is 7. The van der Waals surface area contributed by atoms with Gasteiger partial charge in [0.1, 0.15) is 12.6 Å². The molecular weight excluding hydrogens is 527 g/mol. The number of Topliss-reactive ketones (excluding diaryl/α,β-unsaturated/α-hetero) is 2. The van der Waals surface area contributed by atoms with Crippen molar-refractivity contribution in [2.45, 2.75) is 38.5 Å². The lowest BCUT2D eigenvalue weighted by atomic mass is 10.1. The minimum absolute atomic E-state index is 0.0420. The highest BCUT2D eigenvalue weighted by atomic mass is 32.2. The minimum Gasteiger partial charge on any atom is -0.408 e. The summed E-state index contributed by atoms with van der Waals surface area (Å²) in [5.74, 6) is -5.24. The fourth-order valence-corrected chi connectivity index (χ4v) is 4.64. The van der Waals surface area contributed by atoms with E-state index in [9.17, 15) is 37.1 Å². The maximum Gasteiger partial charge on any atom is 0.450 e. The van der Waals surface area contributed by atoms with Crippen molar-refractivity contribution >= 4 is 51.9 Å². The third-order valence-corrected chi connectivity index (χ3v) is 6.67. The molecular formula is C25H24F3N3O6S. The number of fused-ring (bicyclic) bond motifs is 1. The van der Waals surface area contributed by atoms with Crippen LogP contribution in [0.3, 0.4) is 0 Å². The van der Waals surface area contributed by atoms with Crippen molar-refractivity contribution in [2.75, 3.05) is 16.4 Å². The van der Waals surface area contributed by atoms with E-state index < -0.39 is 47.9 Å². The zero-order valence-electron chi connectivity index (χ0n) is 20.2. The molecule has 0 radical (unpaired) electrons. The van der Waals surface area contributed by atoms with E-state index in [1.54, 1.807) is 24.3 Å². The Morgan fingerprint density at radius 2 is 1.82 bits per heavy atom. The van der Waals surface area contributed by atoms with E-state index in [1.807, 2.05) is 0 Å². The van der Waals surface area contributed by atoms with Gasteiger partial charge in [0.05, 0.1) is 11.3 Å². The molecule has 1 aromatic heterocycles. The van der Waals surface area contributed by atoms with Gasteiger partial charge in [0, 0.05) is 11.3 Å². The fourth-order valence-electron chi connectivity index (χ4n) is 3.77. The summed E-state index contributed by atoms with van der Waals surface area (Å²) in [6.07, 6.45) is -4.82. The molecule has 2 aromatic carbocycles. The van der Waals surface area contributed by atoms with Crippen molar-refractivity contribution in [3.05, 3.63) is 64.6 Å². The molecule has 38 heavy (non-hydrogen) atoms. The molecule has 0 saturated carbocycles. The second-order valence-electron chi connectivity index (χ2n) is 8.33. The first-order valence-corrected chi connectivity index (χ1v) is 12.5. The first-order valence-electron chi connectivity index (χ1n) is 11.4. The quantitative estimate of drug-likeness (QED) is 0.270. The zero-order chi connectivity index (χ0) is 28.0. The van der Waals surface area contributed by atoms with Gasteiger partial charge < -0.3 is 10.2 Å². The number of thioether (sulfide) groups is 1. The molecule has 0 aliphatic rings. The van der Waals surface area contributed by atoms with Crippen LogP contribution in [0.2, 0.25) is 0 Å². The van der Waals surface area contributed by atoms with Gasteiger partial charge in [-0.1, -0.05) is 24.3 Å². The van der Waals surface area contributed by atoms with Crippen molar-refractivity contribution < 1.29 is 36.8 Å². The lowest BCUT2D eigenvalue weighted by Gasteiger charge is -2.30.